The molecule has 0 spiro atoms. The van der Waals surface area contributed by atoms with Crippen molar-refractivity contribution in [1.29, 1.82) is 0 Å². The maximum atomic E-state index is 11.9. The van der Waals surface area contributed by atoms with E-state index in [2.05, 4.69) is 0 Å². The van der Waals surface area contributed by atoms with E-state index in [9.17, 15) is 4.21 Å². The molecule has 2 nitrogen and oxygen atoms in total. The maximum absolute atomic E-state index is 11.9. The lowest BCUT2D eigenvalue weighted by Crippen LogP contribution is -2.28. The molecule has 0 N–H and O–H groups in total. The summed E-state index contributed by atoms with van der Waals surface area (Å²) in [6, 6.07) is 8.11. The Morgan fingerprint density at radius 1 is 1.21 bits per heavy atom. The smallest absolute Gasteiger partial charge is 0.127 e. The second kappa shape index (κ2) is 4.71. The minimum atomic E-state index is -1.03. The van der Waals surface area contributed by atoms with Crippen LogP contribution in [-0.2, 0) is 11.0 Å². The van der Waals surface area contributed by atoms with Gasteiger partial charge in [0.15, 0.2) is 0 Å². The zero-order valence-corrected chi connectivity index (χ0v) is 9.97. The summed E-state index contributed by atoms with van der Waals surface area (Å²) in [6.07, 6.45) is 0. The third-order valence-electron chi connectivity index (χ3n) is 2.21. The van der Waals surface area contributed by atoms with Crippen molar-refractivity contribution < 1.29 is 4.21 Å². The quantitative estimate of drug-likeness (QED) is 0.751. The molecule has 1 aromatic carbocycles. The molecular weight excluding hydrogens is 194 g/mol. The molecule has 1 atom stereocenters. The Labute approximate surface area is 88.5 Å². The van der Waals surface area contributed by atoms with Crippen molar-refractivity contribution in [3.63, 3.8) is 0 Å². The predicted octanol–water partition coefficient (Wildman–Crippen LogP) is 2.36. The Morgan fingerprint density at radius 2 is 1.71 bits per heavy atom. The molecule has 1 rings (SSSR count). The van der Waals surface area contributed by atoms with Crippen LogP contribution < -0.4 is 0 Å². The first kappa shape index (κ1) is 11.4. The van der Waals surface area contributed by atoms with E-state index in [-0.39, 0.29) is 6.04 Å². The van der Waals surface area contributed by atoms with E-state index in [0.29, 0.717) is 0 Å². The minimum absolute atomic E-state index is 0.289. The molecule has 1 aromatic rings. The summed E-state index contributed by atoms with van der Waals surface area (Å²) in [5, 5.41) is 0. The molecule has 78 valence electrons. The fourth-order valence-corrected chi connectivity index (χ4v) is 2.10. The van der Waals surface area contributed by atoms with Crippen LogP contribution in [0, 0.1) is 6.92 Å². The standard InChI is InChI=1S/C11H17NOS/c1-9(2)12(4)14(13)11-7-5-10(3)6-8-11/h5-9H,1-4H3/t14-/m0/s1. The molecule has 0 aliphatic carbocycles. The van der Waals surface area contributed by atoms with Gasteiger partial charge in [-0.2, -0.15) is 0 Å². The van der Waals surface area contributed by atoms with E-state index in [4.69, 9.17) is 0 Å². The van der Waals surface area contributed by atoms with Gasteiger partial charge in [0.1, 0.15) is 11.0 Å². The predicted molar refractivity (Wildman–Crippen MR) is 60.5 cm³/mol. The average molecular weight is 211 g/mol. The largest absolute Gasteiger partial charge is 0.237 e. The van der Waals surface area contributed by atoms with Crippen molar-refractivity contribution in [2.24, 2.45) is 0 Å². The van der Waals surface area contributed by atoms with Gasteiger partial charge in [0.2, 0.25) is 0 Å². The molecule has 0 saturated heterocycles. The van der Waals surface area contributed by atoms with Crippen LogP contribution in [0.15, 0.2) is 29.2 Å². The van der Waals surface area contributed by atoms with Crippen molar-refractivity contribution in [3.05, 3.63) is 29.8 Å². The monoisotopic (exact) mass is 211 g/mol. The molecule has 0 bridgehead atoms. The lowest BCUT2D eigenvalue weighted by Gasteiger charge is -2.19. The van der Waals surface area contributed by atoms with Gasteiger partial charge >= 0.3 is 0 Å². The Bertz CT molecular complexity index is 319. The van der Waals surface area contributed by atoms with Gasteiger partial charge in [0.25, 0.3) is 0 Å². The maximum Gasteiger partial charge on any atom is 0.127 e. The summed E-state index contributed by atoms with van der Waals surface area (Å²) < 4.78 is 13.8. The van der Waals surface area contributed by atoms with Gasteiger partial charge < -0.3 is 0 Å². The van der Waals surface area contributed by atoms with Crippen molar-refractivity contribution >= 4 is 11.0 Å². The van der Waals surface area contributed by atoms with Crippen LogP contribution in [0.1, 0.15) is 19.4 Å². The molecule has 0 amide bonds. The summed E-state index contributed by atoms with van der Waals surface area (Å²) in [7, 11) is 0.842. The van der Waals surface area contributed by atoms with Crippen molar-refractivity contribution in [3.8, 4) is 0 Å². The van der Waals surface area contributed by atoms with E-state index >= 15 is 0 Å². The third kappa shape index (κ3) is 2.66. The van der Waals surface area contributed by atoms with Crippen LogP contribution in [0.2, 0.25) is 0 Å². The van der Waals surface area contributed by atoms with Crippen LogP contribution in [0.25, 0.3) is 0 Å². The lowest BCUT2D eigenvalue weighted by atomic mass is 10.2. The number of aryl methyl sites for hydroxylation is 1. The van der Waals surface area contributed by atoms with E-state index in [0.717, 1.165) is 4.90 Å². The van der Waals surface area contributed by atoms with Gasteiger partial charge in [-0.15, -0.1) is 0 Å². The second-order valence-electron chi connectivity index (χ2n) is 3.70. The minimum Gasteiger partial charge on any atom is -0.237 e. The number of benzene rings is 1. The summed E-state index contributed by atoms with van der Waals surface area (Å²) in [5.74, 6) is 0. The molecule has 0 radical (unpaired) electrons. The number of rotatable bonds is 3. The van der Waals surface area contributed by atoms with Gasteiger partial charge in [-0.1, -0.05) is 17.7 Å². The summed E-state index contributed by atoms with van der Waals surface area (Å²) >= 11 is 0. The van der Waals surface area contributed by atoms with Crippen LogP contribution in [0.4, 0.5) is 0 Å². The molecule has 0 aromatic heterocycles. The van der Waals surface area contributed by atoms with Crippen molar-refractivity contribution in [2.75, 3.05) is 7.05 Å². The molecule has 0 heterocycles. The van der Waals surface area contributed by atoms with Crippen molar-refractivity contribution in [1.82, 2.24) is 4.31 Å². The van der Waals surface area contributed by atoms with Gasteiger partial charge in [-0.25, -0.2) is 8.51 Å². The summed E-state index contributed by atoms with van der Waals surface area (Å²) in [5.41, 5.74) is 1.19. The van der Waals surface area contributed by atoms with E-state index in [1.807, 2.05) is 56.4 Å². The molecule has 0 aliphatic heterocycles. The molecule has 0 fully saturated rings. The molecule has 3 heteroatoms. The second-order valence-corrected chi connectivity index (χ2v) is 5.25. The topological polar surface area (TPSA) is 20.3 Å². The van der Waals surface area contributed by atoms with Crippen LogP contribution >= 0.6 is 0 Å². The first-order valence-corrected chi connectivity index (χ1v) is 5.84. The Balaban J connectivity index is 2.84. The molecule has 0 aliphatic rings. The first-order valence-electron chi connectivity index (χ1n) is 4.73. The average Bonchev–Trinajstić information content (AvgIpc) is 2.16. The van der Waals surface area contributed by atoms with Gasteiger partial charge in [-0.3, -0.25) is 0 Å². The Hall–Kier alpha value is -0.670. The normalized spacial score (nSPS) is 13.6. The molecular formula is C11H17NOS. The van der Waals surface area contributed by atoms with E-state index < -0.39 is 11.0 Å². The highest BCUT2D eigenvalue weighted by Gasteiger charge is 2.12. The number of hydrogen-bond donors (Lipinski definition) is 0. The highest BCUT2D eigenvalue weighted by molar-refractivity contribution is 7.82. The lowest BCUT2D eigenvalue weighted by molar-refractivity contribution is 0.443. The van der Waals surface area contributed by atoms with Crippen molar-refractivity contribution in [2.45, 2.75) is 31.7 Å². The highest BCUT2D eigenvalue weighted by atomic mass is 32.2. The zero-order valence-electron chi connectivity index (χ0n) is 9.15. The van der Waals surface area contributed by atoms with Crippen LogP contribution in [-0.4, -0.2) is 21.6 Å². The summed E-state index contributed by atoms with van der Waals surface area (Å²) in [6.45, 7) is 6.09. The van der Waals surface area contributed by atoms with E-state index in [1.165, 1.54) is 5.56 Å². The van der Waals surface area contributed by atoms with Gasteiger partial charge in [0.05, 0.1) is 4.90 Å². The highest BCUT2D eigenvalue weighted by Crippen LogP contribution is 2.12. The summed E-state index contributed by atoms with van der Waals surface area (Å²) in [4.78, 5) is 0.867. The number of nitrogens with zero attached hydrogens (tertiary/aromatic N) is 1. The van der Waals surface area contributed by atoms with E-state index in [1.54, 1.807) is 0 Å². The number of hydrogen-bond acceptors (Lipinski definition) is 1. The van der Waals surface area contributed by atoms with Gasteiger partial charge in [-0.05, 0) is 32.9 Å². The molecule has 0 saturated carbocycles. The zero-order chi connectivity index (χ0) is 10.7. The Morgan fingerprint density at radius 3 is 2.14 bits per heavy atom. The van der Waals surface area contributed by atoms with Gasteiger partial charge in [0, 0.05) is 13.1 Å². The molecule has 14 heavy (non-hydrogen) atoms. The SMILES string of the molecule is Cc1ccc([S@](=O)N(C)C(C)C)cc1. The first-order chi connectivity index (χ1) is 6.52. The third-order valence-corrected chi connectivity index (χ3v) is 3.83. The Kier molecular flexibility index (Phi) is 3.84. The fourth-order valence-electron chi connectivity index (χ4n) is 1.01. The van der Waals surface area contributed by atoms with Crippen LogP contribution in [0.5, 0.6) is 0 Å². The van der Waals surface area contributed by atoms with Crippen LogP contribution in [0.3, 0.4) is 0 Å². The molecule has 0 unspecified atom stereocenters. The fraction of sp³-hybridized carbons (Fsp3) is 0.455.